The zero-order valence-corrected chi connectivity index (χ0v) is 26.4. The first kappa shape index (κ1) is 39.8. The Bertz CT molecular complexity index is 1550. The molecule has 272 valence electrons. The average molecular weight is 710 g/mol. The molecule has 1 fully saturated rings. The third-order valence-electron chi connectivity index (χ3n) is 7.16. The Morgan fingerprint density at radius 3 is 2.16 bits per heavy atom. The van der Waals surface area contributed by atoms with E-state index in [0.717, 1.165) is 25.1 Å². The summed E-state index contributed by atoms with van der Waals surface area (Å²) >= 11 is 0. The Morgan fingerprint density at radius 2 is 1.58 bits per heavy atom. The van der Waals surface area contributed by atoms with E-state index in [2.05, 4.69) is 21.3 Å². The van der Waals surface area contributed by atoms with Crippen LogP contribution in [0.15, 0.2) is 18.2 Å². The third kappa shape index (κ3) is 12.0. The molecule has 0 saturated carbocycles. The molecule has 1 saturated heterocycles. The molecule has 1 heterocycles. The first-order valence-corrected chi connectivity index (χ1v) is 14.8. The molecule has 23 heteroatoms. The van der Waals surface area contributed by atoms with Crippen molar-refractivity contribution in [1.29, 1.82) is 0 Å². The molecule has 4 atom stereocenters. The minimum absolute atomic E-state index is 0.0921. The van der Waals surface area contributed by atoms with Crippen molar-refractivity contribution < 1.29 is 58.4 Å². The molecule has 4 unspecified atom stereocenters. The number of amides is 6. The summed E-state index contributed by atoms with van der Waals surface area (Å²) in [5.41, 5.74) is 3.87. The molecule has 1 aromatic rings. The van der Waals surface area contributed by atoms with Gasteiger partial charge in [-0.1, -0.05) is 0 Å². The smallest absolute Gasteiger partial charge is 0.322 e. The van der Waals surface area contributed by atoms with Crippen molar-refractivity contribution in [3.05, 3.63) is 38.4 Å². The monoisotopic (exact) mass is 709 g/mol. The molecule has 23 nitrogen and oxygen atoms in total. The van der Waals surface area contributed by atoms with E-state index < -0.39 is 125 Å². The molecule has 0 radical (unpaired) electrons. The number of nitrogens with zero attached hydrogens (tertiary/aromatic N) is 3. The van der Waals surface area contributed by atoms with Gasteiger partial charge in [0, 0.05) is 19.0 Å². The van der Waals surface area contributed by atoms with Gasteiger partial charge >= 0.3 is 11.9 Å². The summed E-state index contributed by atoms with van der Waals surface area (Å²) in [4.78, 5) is 120. The van der Waals surface area contributed by atoms with Crippen LogP contribution in [0, 0.1) is 20.2 Å². The number of carboxylic acids is 2. The number of nitrogens with one attached hydrogen (secondary N) is 5. The van der Waals surface area contributed by atoms with Crippen molar-refractivity contribution in [1.82, 2.24) is 26.6 Å². The first-order valence-electron chi connectivity index (χ1n) is 14.8. The normalized spacial score (nSPS) is 15.4. The second-order valence-corrected chi connectivity index (χ2v) is 10.9. The summed E-state index contributed by atoms with van der Waals surface area (Å²) in [6.07, 6.45) is -1.29. The molecular formula is C27H35N9O14. The number of nitro groups is 2. The number of carboxylic acid groups (broad SMARTS) is 2. The van der Waals surface area contributed by atoms with E-state index in [1.54, 1.807) is 0 Å². The molecule has 1 aliphatic rings. The highest BCUT2D eigenvalue weighted by Gasteiger charge is 2.37. The Labute approximate surface area is 281 Å². The lowest BCUT2D eigenvalue weighted by molar-refractivity contribution is -0.393. The Balaban J connectivity index is 2.16. The number of non-ortho nitro benzene ring substituents is 1. The Hall–Kier alpha value is -6.42. The highest BCUT2D eigenvalue weighted by atomic mass is 16.6. The van der Waals surface area contributed by atoms with Gasteiger partial charge < -0.3 is 47.4 Å². The number of carbonyl (C=O) groups excluding carboxylic acids is 6. The molecule has 50 heavy (non-hydrogen) atoms. The van der Waals surface area contributed by atoms with E-state index in [1.807, 2.05) is 5.32 Å². The number of nitro benzene ring substituents is 2. The fourth-order valence-corrected chi connectivity index (χ4v) is 4.76. The van der Waals surface area contributed by atoms with Gasteiger partial charge in [-0.3, -0.25) is 58.6 Å². The quantitative estimate of drug-likeness (QED) is 0.0524. The van der Waals surface area contributed by atoms with Crippen LogP contribution in [0.25, 0.3) is 0 Å². The van der Waals surface area contributed by atoms with Gasteiger partial charge in [0.1, 0.15) is 36.4 Å². The molecule has 1 aliphatic heterocycles. The predicted octanol–water partition coefficient (Wildman–Crippen LogP) is -3.00. The average Bonchev–Trinajstić information content (AvgIpc) is 3.53. The molecule has 0 aromatic heterocycles. The summed E-state index contributed by atoms with van der Waals surface area (Å²) < 4.78 is 0. The lowest BCUT2D eigenvalue weighted by Crippen LogP contribution is -2.57. The van der Waals surface area contributed by atoms with Crippen molar-refractivity contribution in [2.24, 2.45) is 5.73 Å². The number of anilines is 1. The number of nitrogens with two attached hydrogens (primary N) is 1. The number of benzene rings is 1. The van der Waals surface area contributed by atoms with Crippen LogP contribution in [0.1, 0.15) is 39.0 Å². The lowest BCUT2D eigenvalue weighted by Gasteiger charge is -2.28. The maximum atomic E-state index is 13.4. The summed E-state index contributed by atoms with van der Waals surface area (Å²) in [5.74, 6) is -8.56. The molecule has 0 aliphatic carbocycles. The third-order valence-corrected chi connectivity index (χ3v) is 7.16. The van der Waals surface area contributed by atoms with Gasteiger partial charge in [0.05, 0.1) is 28.9 Å². The van der Waals surface area contributed by atoms with Crippen LogP contribution in [0.5, 0.6) is 0 Å². The molecule has 0 bridgehead atoms. The maximum Gasteiger partial charge on any atom is 0.322 e. The van der Waals surface area contributed by atoms with Gasteiger partial charge in [-0.25, -0.2) is 0 Å². The Kier molecular flexibility index (Phi) is 14.5. The van der Waals surface area contributed by atoms with Crippen molar-refractivity contribution in [2.75, 3.05) is 24.5 Å². The zero-order valence-electron chi connectivity index (χ0n) is 26.4. The standard InChI is InChI=1S/C27H35N9O14/c1-13(24(43)33-16(10-20(28)37)25(44)30-11-21(38)29-12-23(41)42)31-26(45)15(5-7-22(39)40)32-27(46)18-3-2-8-34(18)17-6-4-14(35(47)48)9-19(17)36(49)50/h4,6,9,13,15-16,18H,2-3,5,7-8,10-12H2,1H3,(H2,28,37)(H,29,38)(H,30,44)(H,31,45)(H,32,46)(H,33,43)(H,39,40)(H,41,42). The highest BCUT2D eigenvalue weighted by Crippen LogP contribution is 2.36. The zero-order chi connectivity index (χ0) is 37.7. The van der Waals surface area contributed by atoms with Crippen molar-refractivity contribution in [3.63, 3.8) is 0 Å². The number of hydrogen-bond acceptors (Lipinski definition) is 13. The minimum atomic E-state index is -1.63. The van der Waals surface area contributed by atoms with E-state index in [4.69, 9.17) is 10.8 Å². The van der Waals surface area contributed by atoms with Crippen LogP contribution in [-0.2, 0) is 38.4 Å². The summed E-state index contributed by atoms with van der Waals surface area (Å²) in [6, 6.07) is -2.84. The molecular weight excluding hydrogens is 674 g/mol. The van der Waals surface area contributed by atoms with E-state index in [1.165, 1.54) is 4.90 Å². The topological polar surface area (TPSA) is 353 Å². The number of primary amides is 1. The first-order chi connectivity index (χ1) is 23.4. The van der Waals surface area contributed by atoms with E-state index in [0.29, 0.717) is 6.42 Å². The number of rotatable bonds is 19. The van der Waals surface area contributed by atoms with E-state index >= 15 is 0 Å². The summed E-state index contributed by atoms with van der Waals surface area (Å²) in [7, 11) is 0. The van der Waals surface area contributed by atoms with Gasteiger partial charge in [-0.2, -0.15) is 0 Å². The predicted molar refractivity (Wildman–Crippen MR) is 166 cm³/mol. The lowest BCUT2D eigenvalue weighted by atomic mass is 10.1. The van der Waals surface area contributed by atoms with Crippen molar-refractivity contribution in [3.8, 4) is 0 Å². The second kappa shape index (κ2) is 18.2. The van der Waals surface area contributed by atoms with Gasteiger partial charge in [-0.05, 0) is 32.3 Å². The minimum Gasteiger partial charge on any atom is -0.481 e. The van der Waals surface area contributed by atoms with E-state index in [9.17, 15) is 63.7 Å². The van der Waals surface area contributed by atoms with Crippen LogP contribution in [0.4, 0.5) is 17.1 Å². The van der Waals surface area contributed by atoms with Crippen molar-refractivity contribution in [2.45, 2.75) is 63.2 Å². The highest BCUT2D eigenvalue weighted by molar-refractivity contribution is 5.97. The van der Waals surface area contributed by atoms with Crippen LogP contribution in [0.3, 0.4) is 0 Å². The molecule has 9 N–H and O–H groups in total. The SMILES string of the molecule is CC(NC(=O)C(CCC(=O)O)NC(=O)C1CCCN1c1ccc([N+](=O)[O-])cc1[N+](=O)[O-])C(=O)NC(CC(N)=O)C(=O)NCC(=O)NCC(=O)O. The molecule has 2 rings (SSSR count). The van der Waals surface area contributed by atoms with Crippen LogP contribution < -0.4 is 37.2 Å². The largest absolute Gasteiger partial charge is 0.481 e. The van der Waals surface area contributed by atoms with Crippen LogP contribution >= 0.6 is 0 Å². The summed E-state index contributed by atoms with van der Waals surface area (Å²) in [6.45, 7) is -0.158. The van der Waals surface area contributed by atoms with Crippen molar-refractivity contribution >= 4 is 64.4 Å². The number of hydrogen-bond donors (Lipinski definition) is 8. The maximum absolute atomic E-state index is 13.4. The Morgan fingerprint density at radius 1 is 0.900 bits per heavy atom. The van der Waals surface area contributed by atoms with Gasteiger partial charge in [0.2, 0.25) is 35.4 Å². The van der Waals surface area contributed by atoms with E-state index in [-0.39, 0.29) is 18.7 Å². The van der Waals surface area contributed by atoms with Gasteiger partial charge in [0.15, 0.2) is 0 Å². The van der Waals surface area contributed by atoms with Crippen LogP contribution in [-0.4, -0.2) is 111 Å². The van der Waals surface area contributed by atoms with Crippen LogP contribution in [0.2, 0.25) is 0 Å². The van der Waals surface area contributed by atoms with Gasteiger partial charge in [0.25, 0.3) is 11.4 Å². The molecule has 0 spiro atoms. The van der Waals surface area contributed by atoms with Gasteiger partial charge in [-0.15, -0.1) is 0 Å². The number of carbonyl (C=O) groups is 8. The fourth-order valence-electron chi connectivity index (χ4n) is 4.76. The molecule has 1 aromatic carbocycles. The fraction of sp³-hybridized carbons (Fsp3) is 0.481. The number of aliphatic carboxylic acids is 2. The molecule has 6 amide bonds. The second-order valence-electron chi connectivity index (χ2n) is 10.9. The summed E-state index contributed by atoms with van der Waals surface area (Å²) in [5, 5.41) is 51.6.